The summed E-state index contributed by atoms with van der Waals surface area (Å²) in [5.41, 5.74) is 2.62. The molecule has 2 aliphatic heterocycles. The van der Waals surface area contributed by atoms with Crippen LogP contribution in [0.1, 0.15) is 70.9 Å². The van der Waals surface area contributed by atoms with E-state index in [1.54, 1.807) is 51.1 Å². The lowest BCUT2D eigenvalue weighted by molar-refractivity contribution is -0.144. The van der Waals surface area contributed by atoms with Gasteiger partial charge in [0.15, 0.2) is 0 Å². The number of hydrogen-bond donors (Lipinski definition) is 4. The molecule has 5 rings (SSSR count). The van der Waals surface area contributed by atoms with Gasteiger partial charge in [0.05, 0.1) is 18.3 Å². The van der Waals surface area contributed by atoms with Crippen LogP contribution in [0.2, 0.25) is 5.02 Å². The van der Waals surface area contributed by atoms with Gasteiger partial charge in [-0.1, -0.05) is 70.0 Å². The summed E-state index contributed by atoms with van der Waals surface area (Å²) < 4.78 is 19.0. The minimum atomic E-state index is -1.17. The van der Waals surface area contributed by atoms with Crippen LogP contribution in [0.15, 0.2) is 54.6 Å². The molecule has 3 aliphatic rings. The minimum absolute atomic E-state index is 0.00380. The Balaban J connectivity index is 1.40. The van der Waals surface area contributed by atoms with Crippen LogP contribution in [-0.4, -0.2) is 70.8 Å². The second-order valence-electron chi connectivity index (χ2n) is 14.1. The molecule has 0 radical (unpaired) electrons. The van der Waals surface area contributed by atoms with Gasteiger partial charge in [-0.15, -0.1) is 0 Å². The van der Waals surface area contributed by atoms with Gasteiger partial charge in [-0.25, -0.2) is 9.18 Å². The molecule has 0 unspecified atom stereocenters. The molecule has 1 aliphatic carbocycles. The highest BCUT2D eigenvalue weighted by Crippen LogP contribution is 2.39. The molecule has 12 nitrogen and oxygen atoms in total. The third kappa shape index (κ3) is 8.99. The standard InChI is InChI=1S/C36H43ClFN5O7/c1-5-8-26(29(44)32(46)39-25-13-14-25)40-31(45)28-18-36(17-27(42-50-36)22-10-7-11-23(37)16-22)20-43(28)33(47)30(35(2,3)4)41-34(48)49-19-21-9-6-12-24(38)15-21/h6-7,9-12,15-17,25-26,28,30,42H,5,8,13-14,18-20H2,1-4H3,(H,39,46)(H,40,45)(H,41,48)/t26-,28-,30+,36+/m0/s1. The maximum atomic E-state index is 14.5. The highest BCUT2D eigenvalue weighted by atomic mass is 35.5. The van der Waals surface area contributed by atoms with Crippen LogP contribution in [0.5, 0.6) is 0 Å². The number of halogens is 2. The molecule has 2 aromatic carbocycles. The van der Waals surface area contributed by atoms with Crippen molar-refractivity contribution >= 4 is 46.9 Å². The van der Waals surface area contributed by atoms with Crippen molar-refractivity contribution in [3.8, 4) is 0 Å². The van der Waals surface area contributed by atoms with Crippen LogP contribution in [0.4, 0.5) is 9.18 Å². The molecule has 0 bridgehead atoms. The summed E-state index contributed by atoms with van der Waals surface area (Å²) in [5.74, 6) is -3.22. The first-order chi connectivity index (χ1) is 23.7. The van der Waals surface area contributed by atoms with Gasteiger partial charge in [0.2, 0.25) is 17.6 Å². The van der Waals surface area contributed by atoms with Crippen LogP contribution in [0.25, 0.3) is 5.70 Å². The minimum Gasteiger partial charge on any atom is -0.445 e. The number of hydrogen-bond acceptors (Lipinski definition) is 8. The number of nitrogens with zero attached hydrogens (tertiary/aromatic N) is 1. The van der Waals surface area contributed by atoms with Gasteiger partial charge in [-0.2, -0.15) is 0 Å². The zero-order valence-electron chi connectivity index (χ0n) is 28.5. The van der Waals surface area contributed by atoms with E-state index in [0.29, 0.717) is 22.7 Å². The summed E-state index contributed by atoms with van der Waals surface area (Å²) >= 11 is 6.22. The number of hydroxylamine groups is 1. The second-order valence-corrected chi connectivity index (χ2v) is 14.6. The van der Waals surface area contributed by atoms with Crippen molar-refractivity contribution in [3.05, 3.63) is 76.6 Å². The van der Waals surface area contributed by atoms with Gasteiger partial charge < -0.3 is 25.6 Å². The molecule has 2 aromatic rings. The van der Waals surface area contributed by atoms with E-state index in [4.69, 9.17) is 21.2 Å². The Morgan fingerprint density at radius 3 is 2.50 bits per heavy atom. The van der Waals surface area contributed by atoms with Crippen LogP contribution in [0, 0.1) is 11.2 Å². The van der Waals surface area contributed by atoms with E-state index < -0.39 is 64.6 Å². The van der Waals surface area contributed by atoms with E-state index in [9.17, 15) is 28.4 Å². The highest BCUT2D eigenvalue weighted by molar-refractivity contribution is 6.38. The monoisotopic (exact) mass is 711 g/mol. The number of amides is 4. The quantitative estimate of drug-likeness (QED) is 0.239. The first-order valence-corrected chi connectivity index (χ1v) is 17.1. The fourth-order valence-corrected chi connectivity index (χ4v) is 6.23. The molecule has 1 saturated carbocycles. The molecule has 4 N–H and O–H groups in total. The molecular formula is C36H43ClFN5O7. The van der Waals surface area contributed by atoms with E-state index in [1.807, 2.05) is 13.0 Å². The number of Topliss-reactive ketones (excluding diaryl/α,β-unsaturated/α-hetero) is 1. The summed E-state index contributed by atoms with van der Waals surface area (Å²) in [6, 6.07) is 9.23. The summed E-state index contributed by atoms with van der Waals surface area (Å²) in [6.07, 6.45) is 3.21. The first-order valence-electron chi connectivity index (χ1n) is 16.7. The first kappa shape index (κ1) is 36.8. The van der Waals surface area contributed by atoms with E-state index in [-0.39, 0.29) is 32.0 Å². The third-order valence-corrected chi connectivity index (χ3v) is 9.06. The van der Waals surface area contributed by atoms with Crippen LogP contribution in [0.3, 0.4) is 0 Å². The Morgan fingerprint density at radius 2 is 1.84 bits per heavy atom. The van der Waals surface area contributed by atoms with E-state index in [2.05, 4.69) is 21.4 Å². The van der Waals surface area contributed by atoms with Gasteiger partial charge in [-0.05, 0) is 60.6 Å². The largest absolute Gasteiger partial charge is 0.445 e. The SMILES string of the molecule is CCC[C@H](NC(=O)[C@@H]1C[C@]2(C=C(c3cccc(Cl)c3)NO2)CN1C(=O)[C@@H](NC(=O)OCc1cccc(F)c1)C(C)(C)C)C(=O)C(=O)NC1CC1. The van der Waals surface area contributed by atoms with Crippen LogP contribution >= 0.6 is 11.6 Å². The Kier molecular flexibility index (Phi) is 11.2. The zero-order valence-corrected chi connectivity index (χ0v) is 29.3. The molecule has 268 valence electrons. The number of alkyl carbamates (subject to hydrolysis) is 1. The number of carbonyl (C=O) groups excluding carboxylic acids is 5. The summed E-state index contributed by atoms with van der Waals surface area (Å²) in [5, 5.41) is 8.57. The van der Waals surface area contributed by atoms with Crippen molar-refractivity contribution in [2.24, 2.45) is 5.41 Å². The Morgan fingerprint density at radius 1 is 1.10 bits per heavy atom. The molecule has 1 saturated heterocycles. The summed E-state index contributed by atoms with van der Waals surface area (Å²) in [4.78, 5) is 74.7. The molecule has 14 heteroatoms. The molecule has 1 spiro atoms. The van der Waals surface area contributed by atoms with E-state index in [1.165, 1.54) is 23.1 Å². The number of likely N-dealkylation sites (tertiary alicyclic amines) is 1. The normalized spacial score (nSPS) is 21.1. The van der Waals surface area contributed by atoms with Crippen molar-refractivity contribution in [2.75, 3.05) is 6.54 Å². The lowest BCUT2D eigenvalue weighted by atomic mass is 9.85. The van der Waals surface area contributed by atoms with Gasteiger partial charge in [0.1, 0.15) is 30.1 Å². The topological polar surface area (TPSA) is 155 Å². The van der Waals surface area contributed by atoms with Gasteiger partial charge >= 0.3 is 6.09 Å². The van der Waals surface area contributed by atoms with Gasteiger partial charge in [-0.3, -0.25) is 29.5 Å². The molecule has 4 atom stereocenters. The summed E-state index contributed by atoms with van der Waals surface area (Å²) in [7, 11) is 0. The average Bonchev–Trinajstić information content (AvgIpc) is 3.66. The van der Waals surface area contributed by atoms with E-state index in [0.717, 1.165) is 18.4 Å². The number of benzene rings is 2. The van der Waals surface area contributed by atoms with E-state index >= 15 is 0 Å². The van der Waals surface area contributed by atoms with Crippen molar-refractivity contribution in [1.29, 1.82) is 0 Å². The molecule has 0 aromatic heterocycles. The number of ether oxygens (including phenoxy) is 1. The molecule has 4 amide bonds. The lowest BCUT2D eigenvalue weighted by Crippen LogP contribution is -2.59. The maximum Gasteiger partial charge on any atom is 0.408 e. The Labute approximate surface area is 295 Å². The maximum absolute atomic E-state index is 14.5. The Hall–Kier alpha value is -4.49. The molecular weight excluding hydrogens is 669 g/mol. The van der Waals surface area contributed by atoms with Crippen molar-refractivity contribution < 1.29 is 37.9 Å². The van der Waals surface area contributed by atoms with Crippen LogP contribution in [-0.2, 0) is 35.4 Å². The second kappa shape index (κ2) is 15.2. The third-order valence-electron chi connectivity index (χ3n) is 8.83. The number of nitrogens with one attached hydrogen (secondary N) is 4. The molecule has 50 heavy (non-hydrogen) atoms. The average molecular weight is 712 g/mol. The highest BCUT2D eigenvalue weighted by Gasteiger charge is 2.54. The smallest absolute Gasteiger partial charge is 0.408 e. The fourth-order valence-electron chi connectivity index (χ4n) is 6.04. The fraction of sp³-hybridized carbons (Fsp3) is 0.472. The zero-order chi connectivity index (χ0) is 36.2. The lowest BCUT2D eigenvalue weighted by Gasteiger charge is -2.35. The Bertz CT molecular complexity index is 1680. The number of rotatable bonds is 12. The number of carbonyl (C=O) groups is 5. The van der Waals surface area contributed by atoms with Crippen molar-refractivity contribution in [1.82, 2.24) is 26.3 Å². The molecule has 2 fully saturated rings. The number of ketones is 1. The molecule has 2 heterocycles. The van der Waals surface area contributed by atoms with Crippen LogP contribution < -0.4 is 21.4 Å². The summed E-state index contributed by atoms with van der Waals surface area (Å²) in [6.45, 7) is 6.78. The predicted octanol–water partition coefficient (Wildman–Crippen LogP) is 4.17. The van der Waals surface area contributed by atoms with Gasteiger partial charge in [0.25, 0.3) is 5.91 Å². The van der Waals surface area contributed by atoms with Gasteiger partial charge in [0, 0.05) is 23.0 Å². The van der Waals surface area contributed by atoms with Crippen molar-refractivity contribution in [3.63, 3.8) is 0 Å². The predicted molar refractivity (Wildman–Crippen MR) is 182 cm³/mol. The van der Waals surface area contributed by atoms with Crippen molar-refractivity contribution in [2.45, 2.75) is 96.2 Å².